The Morgan fingerprint density at radius 1 is 1.35 bits per heavy atom. The predicted octanol–water partition coefficient (Wildman–Crippen LogP) is 4.66. The summed E-state index contributed by atoms with van der Waals surface area (Å²) in [6, 6.07) is 3.82. The van der Waals surface area contributed by atoms with Crippen molar-refractivity contribution in [1.82, 2.24) is 4.98 Å². The SMILES string of the molecule is CC(C)(C)c1nc2ccc(Cl)c(S[C@H]3CCOC3)c2o1. The van der Waals surface area contributed by atoms with Crippen LogP contribution in [0.3, 0.4) is 0 Å². The topological polar surface area (TPSA) is 35.3 Å². The minimum atomic E-state index is -0.107. The molecule has 1 aliphatic heterocycles. The Bertz CT molecular complexity index is 627. The van der Waals surface area contributed by atoms with Gasteiger partial charge in [-0.1, -0.05) is 32.4 Å². The summed E-state index contributed by atoms with van der Waals surface area (Å²) < 4.78 is 11.4. The summed E-state index contributed by atoms with van der Waals surface area (Å²) >= 11 is 8.10. The van der Waals surface area contributed by atoms with Gasteiger partial charge in [-0.3, -0.25) is 0 Å². The van der Waals surface area contributed by atoms with Gasteiger partial charge in [0.2, 0.25) is 5.89 Å². The van der Waals surface area contributed by atoms with Crippen molar-refractivity contribution in [3.8, 4) is 0 Å². The highest BCUT2D eigenvalue weighted by Crippen LogP contribution is 2.40. The number of oxazole rings is 1. The number of hydrogen-bond acceptors (Lipinski definition) is 4. The highest BCUT2D eigenvalue weighted by Gasteiger charge is 2.25. The fourth-order valence-electron chi connectivity index (χ4n) is 2.15. The average Bonchev–Trinajstić information content (AvgIpc) is 3.00. The number of hydrogen-bond donors (Lipinski definition) is 0. The van der Waals surface area contributed by atoms with Gasteiger partial charge in [-0.15, -0.1) is 11.8 Å². The number of rotatable bonds is 2. The Labute approximate surface area is 128 Å². The Morgan fingerprint density at radius 2 is 2.15 bits per heavy atom. The van der Waals surface area contributed by atoms with Crippen molar-refractivity contribution in [1.29, 1.82) is 0 Å². The molecule has 1 aromatic heterocycles. The van der Waals surface area contributed by atoms with Crippen molar-refractivity contribution in [2.75, 3.05) is 13.2 Å². The van der Waals surface area contributed by atoms with E-state index in [1.54, 1.807) is 11.8 Å². The van der Waals surface area contributed by atoms with Gasteiger partial charge in [-0.25, -0.2) is 4.98 Å². The average molecular weight is 312 g/mol. The zero-order valence-electron chi connectivity index (χ0n) is 11.9. The molecule has 2 heterocycles. The number of aromatic nitrogens is 1. The molecule has 0 bridgehead atoms. The van der Waals surface area contributed by atoms with Crippen LogP contribution >= 0.6 is 23.4 Å². The van der Waals surface area contributed by atoms with Crippen LogP contribution in [-0.4, -0.2) is 23.4 Å². The van der Waals surface area contributed by atoms with Crippen LogP contribution < -0.4 is 0 Å². The molecular formula is C15H18ClNO2S. The molecular weight excluding hydrogens is 294 g/mol. The molecule has 0 unspecified atom stereocenters. The Hall–Kier alpha value is -0.710. The molecule has 0 saturated carbocycles. The Morgan fingerprint density at radius 3 is 2.80 bits per heavy atom. The van der Waals surface area contributed by atoms with E-state index in [0.29, 0.717) is 5.25 Å². The highest BCUT2D eigenvalue weighted by atomic mass is 35.5. The summed E-state index contributed by atoms with van der Waals surface area (Å²) in [6.07, 6.45) is 1.05. The summed E-state index contributed by atoms with van der Waals surface area (Å²) in [5.74, 6) is 0.749. The fraction of sp³-hybridized carbons (Fsp3) is 0.533. The zero-order valence-corrected chi connectivity index (χ0v) is 13.5. The van der Waals surface area contributed by atoms with Crippen LogP contribution in [0.5, 0.6) is 0 Å². The van der Waals surface area contributed by atoms with E-state index >= 15 is 0 Å². The molecule has 0 radical (unpaired) electrons. The van der Waals surface area contributed by atoms with Gasteiger partial charge >= 0.3 is 0 Å². The van der Waals surface area contributed by atoms with Crippen molar-refractivity contribution in [2.45, 2.75) is 42.8 Å². The van der Waals surface area contributed by atoms with Crippen molar-refractivity contribution in [3.05, 3.63) is 23.0 Å². The maximum Gasteiger partial charge on any atom is 0.200 e. The standard InChI is InChI=1S/C15H18ClNO2S/c1-15(2,3)14-17-11-5-4-10(16)13(12(11)19-14)20-9-6-7-18-8-9/h4-5,9H,6-8H2,1-3H3/t9-/m0/s1. The molecule has 3 rings (SSSR count). The minimum absolute atomic E-state index is 0.107. The van der Waals surface area contributed by atoms with Gasteiger partial charge in [0.05, 0.1) is 16.5 Å². The lowest BCUT2D eigenvalue weighted by atomic mass is 9.97. The number of fused-ring (bicyclic) bond motifs is 1. The van der Waals surface area contributed by atoms with E-state index < -0.39 is 0 Å². The minimum Gasteiger partial charge on any atom is -0.439 e. The van der Waals surface area contributed by atoms with Gasteiger partial charge in [0.1, 0.15) is 5.52 Å². The predicted molar refractivity (Wildman–Crippen MR) is 82.8 cm³/mol. The second-order valence-corrected chi connectivity index (χ2v) is 7.82. The van der Waals surface area contributed by atoms with Crippen LogP contribution in [0.4, 0.5) is 0 Å². The molecule has 5 heteroatoms. The third-order valence-electron chi connectivity index (χ3n) is 3.28. The quantitative estimate of drug-likeness (QED) is 0.808. The summed E-state index contributed by atoms with van der Waals surface area (Å²) in [6.45, 7) is 7.89. The molecule has 0 spiro atoms. The second kappa shape index (κ2) is 5.24. The van der Waals surface area contributed by atoms with Gasteiger partial charge in [0.25, 0.3) is 0 Å². The van der Waals surface area contributed by atoms with Crippen LogP contribution in [0.2, 0.25) is 5.02 Å². The fourth-order valence-corrected chi connectivity index (χ4v) is 3.57. The molecule has 1 fully saturated rings. The van der Waals surface area contributed by atoms with Crippen LogP contribution in [0.25, 0.3) is 11.1 Å². The normalized spacial score (nSPS) is 19.9. The third kappa shape index (κ3) is 2.69. The van der Waals surface area contributed by atoms with Crippen LogP contribution in [0, 0.1) is 0 Å². The van der Waals surface area contributed by atoms with E-state index in [2.05, 4.69) is 25.8 Å². The van der Waals surface area contributed by atoms with Crippen molar-refractivity contribution in [3.63, 3.8) is 0 Å². The second-order valence-electron chi connectivity index (χ2n) is 6.10. The van der Waals surface area contributed by atoms with E-state index in [-0.39, 0.29) is 5.41 Å². The maximum atomic E-state index is 6.36. The Balaban J connectivity index is 2.04. The smallest absolute Gasteiger partial charge is 0.200 e. The van der Waals surface area contributed by atoms with Crippen LogP contribution in [-0.2, 0) is 10.2 Å². The number of halogens is 1. The molecule has 1 atom stereocenters. The van der Waals surface area contributed by atoms with Crippen molar-refractivity contribution in [2.24, 2.45) is 0 Å². The number of nitrogens with zero attached hydrogens (tertiary/aromatic N) is 1. The lowest BCUT2D eigenvalue weighted by Crippen LogP contribution is -2.10. The molecule has 20 heavy (non-hydrogen) atoms. The van der Waals surface area contributed by atoms with Gasteiger partial charge in [0.15, 0.2) is 5.58 Å². The first kappa shape index (κ1) is 14.2. The van der Waals surface area contributed by atoms with E-state index in [4.69, 9.17) is 20.8 Å². The third-order valence-corrected chi connectivity index (χ3v) is 5.05. The van der Waals surface area contributed by atoms with E-state index in [0.717, 1.165) is 46.5 Å². The van der Waals surface area contributed by atoms with E-state index in [1.165, 1.54) is 0 Å². The van der Waals surface area contributed by atoms with Gasteiger partial charge in [-0.2, -0.15) is 0 Å². The summed E-state index contributed by atoms with van der Waals surface area (Å²) in [5.41, 5.74) is 1.57. The molecule has 2 aromatic rings. The largest absolute Gasteiger partial charge is 0.439 e. The maximum absolute atomic E-state index is 6.36. The molecule has 108 valence electrons. The van der Waals surface area contributed by atoms with Crippen LogP contribution in [0.15, 0.2) is 21.4 Å². The lowest BCUT2D eigenvalue weighted by Gasteiger charge is -2.12. The summed E-state index contributed by atoms with van der Waals surface area (Å²) in [4.78, 5) is 5.58. The molecule has 0 aliphatic carbocycles. The number of ether oxygens (including phenoxy) is 1. The first-order valence-corrected chi connectivity index (χ1v) is 8.05. The van der Waals surface area contributed by atoms with E-state index in [9.17, 15) is 0 Å². The molecule has 1 aromatic carbocycles. The molecule has 0 amide bonds. The number of benzene rings is 1. The zero-order chi connectivity index (χ0) is 14.3. The van der Waals surface area contributed by atoms with Gasteiger partial charge in [0, 0.05) is 17.3 Å². The first-order chi connectivity index (χ1) is 9.45. The monoisotopic (exact) mass is 311 g/mol. The van der Waals surface area contributed by atoms with E-state index in [1.807, 2.05) is 12.1 Å². The molecule has 1 saturated heterocycles. The van der Waals surface area contributed by atoms with Crippen LogP contribution in [0.1, 0.15) is 33.1 Å². The lowest BCUT2D eigenvalue weighted by molar-refractivity contribution is 0.199. The Kier molecular flexibility index (Phi) is 3.73. The summed E-state index contributed by atoms with van der Waals surface area (Å²) in [7, 11) is 0. The summed E-state index contributed by atoms with van der Waals surface area (Å²) in [5, 5.41) is 1.17. The van der Waals surface area contributed by atoms with Crippen molar-refractivity contribution < 1.29 is 9.15 Å². The number of thioether (sulfide) groups is 1. The highest BCUT2D eigenvalue weighted by molar-refractivity contribution is 8.00. The van der Waals surface area contributed by atoms with Gasteiger partial charge in [-0.05, 0) is 18.6 Å². The molecule has 0 N–H and O–H groups in total. The molecule has 1 aliphatic rings. The van der Waals surface area contributed by atoms with Crippen molar-refractivity contribution >= 4 is 34.5 Å². The first-order valence-electron chi connectivity index (χ1n) is 6.79. The molecule has 3 nitrogen and oxygen atoms in total. The van der Waals surface area contributed by atoms with Gasteiger partial charge < -0.3 is 9.15 Å².